The number of nitriles is 1. The van der Waals surface area contributed by atoms with Crippen molar-refractivity contribution in [2.75, 3.05) is 35.8 Å². The third kappa shape index (κ3) is 7.03. The smallest absolute Gasteiger partial charge is 0.414 e. The first-order valence-corrected chi connectivity index (χ1v) is 19.1. The van der Waals surface area contributed by atoms with Crippen LogP contribution in [-0.2, 0) is 25.8 Å². The summed E-state index contributed by atoms with van der Waals surface area (Å²) in [6, 6.07) is 11.6. The van der Waals surface area contributed by atoms with Crippen LogP contribution in [-0.4, -0.2) is 56.1 Å². The third-order valence-electron chi connectivity index (χ3n) is 9.35. The number of hydrogen-bond donors (Lipinski definition) is 2. The topological polar surface area (TPSA) is 139 Å². The van der Waals surface area contributed by atoms with Gasteiger partial charge in [-0.1, -0.05) is 27.7 Å². The van der Waals surface area contributed by atoms with Crippen molar-refractivity contribution in [1.29, 1.82) is 5.26 Å². The van der Waals surface area contributed by atoms with Crippen molar-refractivity contribution in [2.24, 2.45) is 0 Å². The van der Waals surface area contributed by atoms with Crippen molar-refractivity contribution in [3.63, 3.8) is 0 Å². The zero-order valence-corrected chi connectivity index (χ0v) is 30.6. The maximum absolute atomic E-state index is 13.6. The molecule has 48 heavy (non-hydrogen) atoms. The van der Waals surface area contributed by atoms with Crippen LogP contribution in [0.1, 0.15) is 71.6 Å². The first-order valence-electron chi connectivity index (χ1n) is 16.2. The van der Waals surface area contributed by atoms with E-state index in [2.05, 4.69) is 62.5 Å². The van der Waals surface area contributed by atoms with Crippen LogP contribution in [0.3, 0.4) is 0 Å². The fourth-order valence-corrected chi connectivity index (χ4v) is 6.77. The van der Waals surface area contributed by atoms with E-state index in [1.807, 2.05) is 39.0 Å². The van der Waals surface area contributed by atoms with Gasteiger partial charge in [0.2, 0.25) is 11.9 Å². The van der Waals surface area contributed by atoms with Gasteiger partial charge in [0.25, 0.3) is 0 Å². The molecule has 2 aliphatic rings. The van der Waals surface area contributed by atoms with Crippen molar-refractivity contribution in [3.8, 4) is 23.1 Å². The number of aromatic nitrogens is 2. The van der Waals surface area contributed by atoms with E-state index in [-0.39, 0.29) is 10.9 Å². The van der Waals surface area contributed by atoms with Gasteiger partial charge in [-0.25, -0.2) is 14.8 Å². The summed E-state index contributed by atoms with van der Waals surface area (Å²) in [7, 11) is -0.566. The van der Waals surface area contributed by atoms with Crippen molar-refractivity contribution < 1.29 is 23.5 Å². The number of aryl methyl sites for hydroxylation is 1. The van der Waals surface area contributed by atoms with Crippen LogP contribution in [0.5, 0.6) is 5.75 Å². The normalized spacial score (nSPS) is 17.6. The maximum Gasteiger partial charge on any atom is 0.414 e. The molecule has 0 radical (unpaired) electrons. The zero-order chi connectivity index (χ0) is 35.2. The maximum atomic E-state index is 13.6. The molecule has 5 rings (SSSR count). The lowest BCUT2D eigenvalue weighted by atomic mass is 9.83. The summed E-state index contributed by atoms with van der Waals surface area (Å²) >= 11 is 0. The molecule has 12 heteroatoms. The Balaban J connectivity index is 1.56. The second-order valence-electron chi connectivity index (χ2n) is 15.4. The number of hydrogen-bond acceptors (Lipinski definition) is 9. The van der Waals surface area contributed by atoms with Gasteiger partial charge in [-0.3, -0.25) is 9.69 Å². The summed E-state index contributed by atoms with van der Waals surface area (Å²) in [6.45, 7) is 19.2. The summed E-state index contributed by atoms with van der Waals surface area (Å²) < 4.78 is 18.2. The van der Waals surface area contributed by atoms with Gasteiger partial charge in [0.05, 0.1) is 29.7 Å². The number of benzene rings is 2. The number of carbonyl (C=O) groups excluding carboxylic acids is 2. The Morgan fingerprint density at radius 2 is 1.88 bits per heavy atom. The largest absolute Gasteiger partial charge is 0.495 e. The van der Waals surface area contributed by atoms with Gasteiger partial charge in [-0.2, -0.15) is 5.26 Å². The molecule has 2 aromatic carbocycles. The van der Waals surface area contributed by atoms with Crippen molar-refractivity contribution >= 4 is 43.3 Å². The molecule has 1 unspecified atom stereocenters. The van der Waals surface area contributed by atoms with Gasteiger partial charge in [-0.05, 0) is 86.8 Å². The molecule has 2 N–H and O–H groups in total. The Labute approximate surface area is 284 Å². The van der Waals surface area contributed by atoms with E-state index < -0.39 is 25.4 Å². The number of amides is 2. The average Bonchev–Trinajstić information content (AvgIpc) is 3.31. The lowest BCUT2D eigenvalue weighted by Gasteiger charge is -2.39. The molecule has 1 atom stereocenters. The van der Waals surface area contributed by atoms with Crippen LogP contribution < -0.4 is 20.3 Å². The standard InChI is InChI=1S/C36H46N6O5Si/c1-34(2,3)47-33(44)42-20-36(7,21-46-48(9,10)35(4,5)6)25-16-23(15-24(19-37)31(25)42)26-13-14-38-32(40-26)41-28-18-27-22(17-29(28)45-8)11-12-30(43)39-27/h13-18H,11-12,20-21H2,1-10H3,(H,39,43)(H,38,40,41). The molecular formula is C36H46N6O5Si. The lowest BCUT2D eigenvalue weighted by molar-refractivity contribution is -0.116. The molecule has 2 aliphatic heterocycles. The quantitative estimate of drug-likeness (QED) is 0.242. The highest BCUT2D eigenvalue weighted by Crippen LogP contribution is 2.47. The van der Waals surface area contributed by atoms with E-state index in [4.69, 9.17) is 18.9 Å². The zero-order valence-electron chi connectivity index (χ0n) is 29.6. The highest BCUT2D eigenvalue weighted by molar-refractivity contribution is 6.74. The highest BCUT2D eigenvalue weighted by Gasteiger charge is 2.47. The molecule has 1 aromatic heterocycles. The second kappa shape index (κ2) is 12.5. The molecule has 0 bridgehead atoms. The molecule has 2 amide bonds. The monoisotopic (exact) mass is 670 g/mol. The highest BCUT2D eigenvalue weighted by atomic mass is 28.4. The number of anilines is 4. The Morgan fingerprint density at radius 1 is 1.15 bits per heavy atom. The summed E-state index contributed by atoms with van der Waals surface area (Å²) in [5, 5.41) is 16.6. The van der Waals surface area contributed by atoms with E-state index in [9.17, 15) is 14.9 Å². The molecule has 0 saturated heterocycles. The molecule has 0 aliphatic carbocycles. The number of carbonyl (C=O) groups is 2. The fourth-order valence-electron chi connectivity index (χ4n) is 5.66. The Morgan fingerprint density at radius 3 is 2.52 bits per heavy atom. The van der Waals surface area contributed by atoms with Crippen molar-refractivity contribution in [2.45, 2.75) is 90.5 Å². The summed E-state index contributed by atoms with van der Waals surface area (Å²) in [5.41, 5.74) is 3.95. The van der Waals surface area contributed by atoms with Gasteiger partial charge in [0.15, 0.2) is 8.32 Å². The van der Waals surface area contributed by atoms with Gasteiger partial charge in [0, 0.05) is 42.4 Å². The molecule has 3 aromatic rings. The first kappa shape index (κ1) is 34.9. The van der Waals surface area contributed by atoms with Crippen LogP contribution in [0.4, 0.5) is 27.8 Å². The summed E-state index contributed by atoms with van der Waals surface area (Å²) in [6.07, 6.45) is 2.20. The SMILES string of the molecule is COc1cc2c(cc1Nc1nccc(-c3cc(C#N)c4c(c3)C(C)(CO[Si](C)(C)C(C)(C)C)CN4C(=O)OC(C)(C)C)n1)NC(=O)CC2. The van der Waals surface area contributed by atoms with E-state index in [1.165, 1.54) is 0 Å². The average molecular weight is 671 g/mol. The van der Waals surface area contributed by atoms with E-state index in [0.717, 1.165) is 16.8 Å². The molecule has 11 nitrogen and oxygen atoms in total. The minimum Gasteiger partial charge on any atom is -0.495 e. The van der Waals surface area contributed by atoms with Crippen LogP contribution in [0.2, 0.25) is 18.1 Å². The predicted molar refractivity (Wildman–Crippen MR) is 189 cm³/mol. The number of nitrogens with one attached hydrogen (secondary N) is 2. The number of fused-ring (bicyclic) bond motifs is 2. The predicted octanol–water partition coefficient (Wildman–Crippen LogP) is 7.69. The van der Waals surface area contributed by atoms with E-state index in [1.54, 1.807) is 30.3 Å². The summed E-state index contributed by atoms with van der Waals surface area (Å²) in [5.74, 6) is 0.878. The number of nitrogens with zero attached hydrogens (tertiary/aromatic N) is 4. The molecular weight excluding hydrogens is 625 g/mol. The van der Waals surface area contributed by atoms with E-state index in [0.29, 0.717) is 65.9 Å². The van der Waals surface area contributed by atoms with Gasteiger partial charge < -0.3 is 24.5 Å². The van der Waals surface area contributed by atoms with Gasteiger partial charge in [0.1, 0.15) is 17.4 Å². The Kier molecular flexibility index (Phi) is 9.09. The lowest BCUT2D eigenvalue weighted by Crippen LogP contribution is -2.46. The molecule has 3 heterocycles. The minimum atomic E-state index is -2.16. The Hall–Kier alpha value is -4.47. The van der Waals surface area contributed by atoms with Crippen LogP contribution in [0, 0.1) is 11.3 Å². The van der Waals surface area contributed by atoms with Crippen molar-refractivity contribution in [3.05, 3.63) is 53.2 Å². The molecule has 0 fully saturated rings. The minimum absolute atomic E-state index is 0.00794. The number of rotatable bonds is 7. The fraction of sp³-hybridized carbons (Fsp3) is 0.472. The number of ether oxygens (including phenoxy) is 2. The third-order valence-corrected chi connectivity index (χ3v) is 13.8. The Bertz CT molecular complexity index is 1810. The second-order valence-corrected chi connectivity index (χ2v) is 20.2. The first-order chi connectivity index (χ1) is 22.3. The summed E-state index contributed by atoms with van der Waals surface area (Å²) in [4.78, 5) is 36.4. The number of methoxy groups -OCH3 is 1. The van der Waals surface area contributed by atoms with Crippen molar-refractivity contribution in [1.82, 2.24) is 9.97 Å². The van der Waals surface area contributed by atoms with Gasteiger partial charge in [-0.15, -0.1) is 0 Å². The molecule has 0 saturated carbocycles. The van der Waals surface area contributed by atoms with E-state index >= 15 is 0 Å². The van der Waals surface area contributed by atoms with Crippen LogP contribution in [0.25, 0.3) is 11.3 Å². The van der Waals surface area contributed by atoms with Crippen LogP contribution >= 0.6 is 0 Å². The van der Waals surface area contributed by atoms with Gasteiger partial charge >= 0.3 is 6.09 Å². The molecule has 254 valence electrons. The van der Waals surface area contributed by atoms with Crippen LogP contribution in [0.15, 0.2) is 36.5 Å². The molecule has 0 spiro atoms.